The van der Waals surface area contributed by atoms with Gasteiger partial charge in [-0.2, -0.15) is 0 Å². The molecule has 0 radical (unpaired) electrons. The number of aromatic carboxylic acids is 1. The van der Waals surface area contributed by atoms with Crippen LogP contribution in [0.1, 0.15) is 74.0 Å². The minimum absolute atomic E-state index is 0.00624. The summed E-state index contributed by atoms with van der Waals surface area (Å²) in [5.74, 6) is -1.08. The first-order chi connectivity index (χ1) is 10.6. The van der Waals surface area contributed by atoms with Crippen LogP contribution in [0.5, 0.6) is 0 Å². The molecule has 0 atom stereocenters. The normalized spacial score (nSPS) is 15.7. The third-order valence-electron chi connectivity index (χ3n) is 4.11. The fourth-order valence-corrected chi connectivity index (χ4v) is 2.97. The molecule has 1 heterocycles. The second-order valence-corrected chi connectivity index (χ2v) is 5.82. The Morgan fingerprint density at radius 3 is 2.68 bits per heavy atom. The summed E-state index contributed by atoms with van der Waals surface area (Å²) >= 11 is 0. The Balaban J connectivity index is 2.12. The van der Waals surface area contributed by atoms with Crippen molar-refractivity contribution in [1.82, 2.24) is 20.3 Å². The Labute approximate surface area is 130 Å². The topological polar surface area (TPSA) is 97.1 Å². The van der Waals surface area contributed by atoms with Gasteiger partial charge in [0.2, 0.25) is 5.91 Å². The number of carbonyl (C=O) groups excluding carboxylic acids is 1. The monoisotopic (exact) mass is 308 g/mol. The van der Waals surface area contributed by atoms with E-state index in [0.717, 1.165) is 38.5 Å². The highest BCUT2D eigenvalue weighted by Gasteiger charge is 2.28. The Kier molecular flexibility index (Phi) is 5.91. The van der Waals surface area contributed by atoms with Crippen molar-refractivity contribution in [2.45, 2.75) is 64.3 Å². The second kappa shape index (κ2) is 7.91. The molecule has 1 aromatic rings. The number of carbonyl (C=O) groups is 2. The number of hydrogen-bond donors (Lipinski definition) is 2. The van der Waals surface area contributed by atoms with Crippen molar-refractivity contribution in [1.29, 1.82) is 0 Å². The molecule has 122 valence electrons. The van der Waals surface area contributed by atoms with Gasteiger partial charge < -0.3 is 10.4 Å². The zero-order valence-corrected chi connectivity index (χ0v) is 13.0. The molecule has 1 amide bonds. The third-order valence-corrected chi connectivity index (χ3v) is 4.11. The van der Waals surface area contributed by atoms with Gasteiger partial charge in [-0.25, -0.2) is 9.48 Å². The van der Waals surface area contributed by atoms with Crippen LogP contribution in [0.25, 0.3) is 0 Å². The molecule has 2 N–H and O–H groups in total. The summed E-state index contributed by atoms with van der Waals surface area (Å²) in [6.07, 6.45) is 7.16. The molecule has 0 saturated heterocycles. The third kappa shape index (κ3) is 4.05. The lowest BCUT2D eigenvalue weighted by molar-refractivity contribution is -0.121. The minimum Gasteiger partial charge on any atom is -0.476 e. The van der Waals surface area contributed by atoms with E-state index in [9.17, 15) is 14.7 Å². The molecule has 22 heavy (non-hydrogen) atoms. The van der Waals surface area contributed by atoms with E-state index in [1.54, 1.807) is 0 Å². The van der Waals surface area contributed by atoms with Crippen molar-refractivity contribution in [3.05, 3.63) is 11.4 Å². The van der Waals surface area contributed by atoms with Crippen molar-refractivity contribution in [2.75, 3.05) is 6.54 Å². The van der Waals surface area contributed by atoms with E-state index >= 15 is 0 Å². The van der Waals surface area contributed by atoms with Gasteiger partial charge in [0.15, 0.2) is 5.69 Å². The lowest BCUT2D eigenvalue weighted by Crippen LogP contribution is -2.30. The van der Waals surface area contributed by atoms with Crippen molar-refractivity contribution in [3.8, 4) is 0 Å². The molecule has 0 bridgehead atoms. The Morgan fingerprint density at radius 2 is 2.05 bits per heavy atom. The number of rotatable bonds is 7. The SMILES string of the molecule is CCCCNC(=O)Cn1nnc(C(=O)O)c1C1CCCCC1. The highest BCUT2D eigenvalue weighted by Crippen LogP contribution is 2.33. The van der Waals surface area contributed by atoms with Crippen molar-refractivity contribution < 1.29 is 14.7 Å². The summed E-state index contributed by atoms with van der Waals surface area (Å²) in [6, 6.07) is 0. The van der Waals surface area contributed by atoms with Gasteiger partial charge in [0, 0.05) is 12.5 Å². The van der Waals surface area contributed by atoms with Crippen LogP contribution in [0.15, 0.2) is 0 Å². The summed E-state index contributed by atoms with van der Waals surface area (Å²) < 4.78 is 1.47. The Hall–Kier alpha value is -1.92. The van der Waals surface area contributed by atoms with Crippen LogP contribution < -0.4 is 5.32 Å². The molecule has 0 aliphatic heterocycles. The van der Waals surface area contributed by atoms with Gasteiger partial charge in [0.25, 0.3) is 0 Å². The molecular formula is C15H24N4O3. The molecule has 7 heteroatoms. The Morgan fingerprint density at radius 1 is 1.32 bits per heavy atom. The van der Waals surface area contributed by atoms with Crippen molar-refractivity contribution in [3.63, 3.8) is 0 Å². The summed E-state index contributed by atoms with van der Waals surface area (Å²) in [4.78, 5) is 23.3. The first kappa shape index (κ1) is 16.5. The quantitative estimate of drug-likeness (QED) is 0.750. The first-order valence-electron chi connectivity index (χ1n) is 8.06. The van der Waals surface area contributed by atoms with Gasteiger partial charge in [-0.1, -0.05) is 37.8 Å². The van der Waals surface area contributed by atoms with Crippen LogP contribution in [-0.4, -0.2) is 38.5 Å². The lowest BCUT2D eigenvalue weighted by atomic mass is 9.86. The van der Waals surface area contributed by atoms with Gasteiger partial charge >= 0.3 is 5.97 Å². The number of aromatic nitrogens is 3. The van der Waals surface area contributed by atoms with E-state index in [1.165, 1.54) is 11.1 Å². The molecular weight excluding hydrogens is 284 g/mol. The van der Waals surface area contributed by atoms with Gasteiger partial charge in [-0.15, -0.1) is 5.10 Å². The average Bonchev–Trinajstić information content (AvgIpc) is 2.92. The molecule has 1 aliphatic rings. The predicted molar refractivity (Wildman–Crippen MR) is 80.7 cm³/mol. The second-order valence-electron chi connectivity index (χ2n) is 5.82. The number of hydrogen-bond acceptors (Lipinski definition) is 4. The molecule has 0 spiro atoms. The van der Waals surface area contributed by atoms with Gasteiger partial charge in [0.1, 0.15) is 6.54 Å². The van der Waals surface area contributed by atoms with Crippen molar-refractivity contribution in [2.24, 2.45) is 0 Å². The zero-order valence-electron chi connectivity index (χ0n) is 13.0. The minimum atomic E-state index is -1.07. The maximum absolute atomic E-state index is 12.0. The van der Waals surface area contributed by atoms with E-state index in [0.29, 0.717) is 12.2 Å². The standard InChI is InChI=1S/C15H24N4O3/c1-2-3-9-16-12(20)10-19-14(11-7-5-4-6-8-11)13(15(21)22)17-18-19/h11H,2-10H2,1H3,(H,16,20)(H,21,22). The molecule has 1 fully saturated rings. The maximum Gasteiger partial charge on any atom is 0.358 e. The number of carboxylic acid groups (broad SMARTS) is 1. The van der Waals surface area contributed by atoms with Crippen LogP contribution in [0.3, 0.4) is 0 Å². The smallest absolute Gasteiger partial charge is 0.358 e. The lowest BCUT2D eigenvalue weighted by Gasteiger charge is -2.22. The largest absolute Gasteiger partial charge is 0.476 e. The summed E-state index contributed by atoms with van der Waals surface area (Å²) in [7, 11) is 0. The van der Waals surface area contributed by atoms with Gasteiger partial charge in [-0.3, -0.25) is 4.79 Å². The van der Waals surface area contributed by atoms with Crippen LogP contribution in [0, 0.1) is 0 Å². The first-order valence-corrected chi connectivity index (χ1v) is 8.06. The zero-order chi connectivity index (χ0) is 15.9. The molecule has 1 aliphatic carbocycles. The van der Waals surface area contributed by atoms with Gasteiger partial charge in [0.05, 0.1) is 5.69 Å². The number of carboxylic acids is 1. The average molecular weight is 308 g/mol. The summed E-state index contributed by atoms with van der Waals surface area (Å²) in [5, 5.41) is 19.8. The van der Waals surface area contributed by atoms with E-state index in [1.807, 2.05) is 0 Å². The highest BCUT2D eigenvalue weighted by molar-refractivity contribution is 5.87. The maximum atomic E-state index is 12.0. The molecule has 0 unspecified atom stereocenters. The summed E-state index contributed by atoms with van der Waals surface area (Å²) in [6.45, 7) is 2.73. The fourth-order valence-electron chi connectivity index (χ4n) is 2.97. The number of amides is 1. The van der Waals surface area contributed by atoms with Gasteiger partial charge in [-0.05, 0) is 19.3 Å². The van der Waals surface area contributed by atoms with E-state index in [4.69, 9.17) is 0 Å². The number of nitrogens with zero attached hydrogens (tertiary/aromatic N) is 3. The molecule has 0 aromatic carbocycles. The van der Waals surface area contributed by atoms with Crippen LogP contribution in [0.2, 0.25) is 0 Å². The summed E-state index contributed by atoms with van der Waals surface area (Å²) in [5.41, 5.74) is 0.603. The molecule has 1 aromatic heterocycles. The van der Waals surface area contributed by atoms with Crippen LogP contribution in [0.4, 0.5) is 0 Å². The number of nitrogens with one attached hydrogen (secondary N) is 1. The molecule has 7 nitrogen and oxygen atoms in total. The Bertz CT molecular complexity index is 521. The molecule has 2 rings (SSSR count). The molecule has 1 saturated carbocycles. The number of unbranched alkanes of at least 4 members (excludes halogenated alkanes) is 1. The van der Waals surface area contributed by atoms with E-state index < -0.39 is 5.97 Å². The highest BCUT2D eigenvalue weighted by atomic mass is 16.4. The van der Waals surface area contributed by atoms with Crippen LogP contribution >= 0.6 is 0 Å². The fraction of sp³-hybridized carbons (Fsp3) is 0.733. The van der Waals surface area contributed by atoms with Crippen LogP contribution in [-0.2, 0) is 11.3 Å². The van der Waals surface area contributed by atoms with Crippen molar-refractivity contribution >= 4 is 11.9 Å². The van der Waals surface area contributed by atoms with E-state index in [2.05, 4.69) is 22.6 Å². The predicted octanol–water partition coefficient (Wildman–Crippen LogP) is 1.94. The van der Waals surface area contributed by atoms with E-state index in [-0.39, 0.29) is 24.1 Å².